The van der Waals surface area contributed by atoms with Gasteiger partial charge in [-0.1, -0.05) is 6.07 Å². The second-order valence-electron chi connectivity index (χ2n) is 4.25. The van der Waals surface area contributed by atoms with Gasteiger partial charge in [0.15, 0.2) is 10.6 Å². The summed E-state index contributed by atoms with van der Waals surface area (Å²) in [5, 5.41) is 16.2. The fourth-order valence-electron chi connectivity index (χ4n) is 1.70. The first kappa shape index (κ1) is 16.3. The smallest absolute Gasteiger partial charge is 0.331 e. The van der Waals surface area contributed by atoms with Crippen LogP contribution in [0.1, 0.15) is 5.69 Å². The van der Waals surface area contributed by atoms with Gasteiger partial charge in [-0.3, -0.25) is 10.1 Å². The number of rotatable bonds is 4. The maximum Gasteiger partial charge on any atom is 0.331 e. The Morgan fingerprint density at radius 3 is 2.50 bits per heavy atom. The minimum atomic E-state index is -4.26. The number of primary sulfonamides is 1. The molecule has 0 atom stereocenters. The molecule has 2 N–H and O–H groups in total. The van der Waals surface area contributed by atoms with E-state index in [4.69, 9.17) is 9.88 Å². The lowest BCUT2D eigenvalue weighted by Gasteiger charge is -2.09. The normalized spacial score (nSPS) is 11.2. The molecule has 0 bridgehead atoms. The number of aromatic nitrogens is 1. The molecule has 1 aromatic heterocycles. The predicted octanol–water partition coefficient (Wildman–Crippen LogP) is 2.50. The van der Waals surface area contributed by atoms with E-state index in [0.29, 0.717) is 10.3 Å². The Morgan fingerprint density at radius 2 is 1.95 bits per heavy atom. The zero-order valence-electron chi connectivity index (χ0n) is 11.2. The molecular formula is C12H10BrN3O5S. The zero-order valence-corrected chi connectivity index (χ0v) is 13.6. The first-order valence-corrected chi connectivity index (χ1v) is 8.15. The molecule has 0 fully saturated rings. The molecule has 0 amide bonds. The highest BCUT2D eigenvalue weighted by atomic mass is 79.9. The van der Waals surface area contributed by atoms with E-state index in [9.17, 15) is 18.5 Å². The van der Waals surface area contributed by atoms with Gasteiger partial charge in [-0.15, -0.1) is 0 Å². The highest BCUT2D eigenvalue weighted by Gasteiger charge is 2.28. The van der Waals surface area contributed by atoms with Crippen LogP contribution in [0.3, 0.4) is 0 Å². The molecule has 2 aromatic rings. The van der Waals surface area contributed by atoms with Gasteiger partial charge in [-0.2, -0.15) is 0 Å². The van der Waals surface area contributed by atoms with Crippen molar-refractivity contribution >= 4 is 31.6 Å². The van der Waals surface area contributed by atoms with Crippen molar-refractivity contribution < 1.29 is 18.1 Å². The molecule has 0 radical (unpaired) electrons. The average molecular weight is 388 g/mol. The lowest BCUT2D eigenvalue weighted by atomic mass is 10.3. The van der Waals surface area contributed by atoms with Gasteiger partial charge in [-0.25, -0.2) is 18.5 Å². The van der Waals surface area contributed by atoms with Crippen molar-refractivity contribution in [3.8, 4) is 11.5 Å². The monoisotopic (exact) mass is 387 g/mol. The highest BCUT2D eigenvalue weighted by Crippen LogP contribution is 2.37. The van der Waals surface area contributed by atoms with E-state index in [1.807, 2.05) is 0 Å². The third kappa shape index (κ3) is 3.40. The average Bonchev–Trinajstić information content (AvgIpc) is 2.40. The molecule has 10 heteroatoms. The fraction of sp³-hybridized carbons (Fsp3) is 0.0833. The van der Waals surface area contributed by atoms with Crippen LogP contribution < -0.4 is 9.88 Å². The number of hydrogen-bond acceptors (Lipinski definition) is 6. The Hall–Kier alpha value is -2.04. The number of ether oxygens (including phenoxy) is 1. The number of nitrogens with two attached hydrogens (primary N) is 1. The Bertz CT molecular complexity index is 854. The van der Waals surface area contributed by atoms with Crippen LogP contribution in [0.4, 0.5) is 5.69 Å². The summed E-state index contributed by atoms with van der Waals surface area (Å²) in [6, 6.07) is 6.83. The number of pyridine rings is 1. The van der Waals surface area contributed by atoms with Gasteiger partial charge in [0.25, 0.3) is 0 Å². The van der Waals surface area contributed by atoms with Crippen LogP contribution in [0.15, 0.2) is 39.8 Å². The lowest BCUT2D eigenvalue weighted by Crippen LogP contribution is -2.14. The summed E-state index contributed by atoms with van der Waals surface area (Å²) in [7, 11) is -4.26. The first-order chi connectivity index (χ1) is 10.2. The molecule has 0 aliphatic carbocycles. The maximum atomic E-state index is 11.5. The number of aryl methyl sites for hydroxylation is 1. The Kier molecular flexibility index (Phi) is 4.44. The lowest BCUT2D eigenvalue weighted by molar-refractivity contribution is -0.388. The number of para-hydroxylation sites is 1. The third-order valence-electron chi connectivity index (χ3n) is 2.62. The largest absolute Gasteiger partial charge is 0.447 e. The second kappa shape index (κ2) is 5.99. The van der Waals surface area contributed by atoms with Crippen molar-refractivity contribution in [2.45, 2.75) is 11.8 Å². The molecule has 116 valence electrons. The molecule has 0 unspecified atom stereocenters. The molecule has 0 saturated heterocycles. The summed E-state index contributed by atoms with van der Waals surface area (Å²) in [4.78, 5) is 13.8. The van der Waals surface area contributed by atoms with E-state index in [1.54, 1.807) is 19.1 Å². The van der Waals surface area contributed by atoms with Crippen LogP contribution in [-0.2, 0) is 10.0 Å². The molecular weight excluding hydrogens is 378 g/mol. The maximum absolute atomic E-state index is 11.5. The summed E-state index contributed by atoms with van der Waals surface area (Å²) in [6.45, 7) is 1.76. The molecule has 22 heavy (non-hydrogen) atoms. The number of nitro benzene ring substituents is 1. The zero-order chi connectivity index (χ0) is 16.5. The Morgan fingerprint density at radius 1 is 1.27 bits per heavy atom. The summed E-state index contributed by atoms with van der Waals surface area (Å²) < 4.78 is 28.7. The van der Waals surface area contributed by atoms with Gasteiger partial charge < -0.3 is 4.74 Å². The quantitative estimate of drug-likeness (QED) is 0.487. The Labute approximate surface area is 134 Å². The third-order valence-corrected chi connectivity index (χ3v) is 4.14. The minimum absolute atomic E-state index is 0.209. The van der Waals surface area contributed by atoms with E-state index in [0.717, 1.165) is 6.07 Å². The summed E-state index contributed by atoms with van der Waals surface area (Å²) in [5.74, 6) is -0.0388. The van der Waals surface area contributed by atoms with Crippen molar-refractivity contribution in [3.05, 3.63) is 50.7 Å². The SMILES string of the molecule is Cc1ccc(Oc2cccc(S(N)(=O)=O)c2[N+](=O)[O-])c(Br)n1. The molecule has 1 heterocycles. The molecule has 0 spiro atoms. The van der Waals surface area contributed by atoms with Crippen LogP contribution in [0, 0.1) is 17.0 Å². The van der Waals surface area contributed by atoms with Crippen LogP contribution in [0.25, 0.3) is 0 Å². The number of halogens is 1. The van der Waals surface area contributed by atoms with Gasteiger partial charge in [0, 0.05) is 5.69 Å². The standard InChI is InChI=1S/C12H10BrN3O5S/c1-7-5-6-9(12(13)15-7)21-8-3-2-4-10(22(14,19)20)11(8)16(17)18/h2-6H,1H3,(H2,14,19,20). The van der Waals surface area contributed by atoms with Gasteiger partial charge in [0.1, 0.15) is 4.60 Å². The van der Waals surface area contributed by atoms with Gasteiger partial charge >= 0.3 is 5.69 Å². The molecule has 0 aliphatic heterocycles. The van der Waals surface area contributed by atoms with E-state index < -0.39 is 25.5 Å². The molecule has 8 nitrogen and oxygen atoms in total. The molecule has 1 aromatic carbocycles. The van der Waals surface area contributed by atoms with E-state index in [1.165, 1.54) is 12.1 Å². The van der Waals surface area contributed by atoms with E-state index in [-0.39, 0.29) is 11.5 Å². The molecule has 0 aliphatic rings. The number of nitro groups is 1. The van der Waals surface area contributed by atoms with Crippen molar-refractivity contribution in [2.24, 2.45) is 5.14 Å². The van der Waals surface area contributed by atoms with Crippen LogP contribution in [0.2, 0.25) is 0 Å². The van der Waals surface area contributed by atoms with Crippen LogP contribution in [-0.4, -0.2) is 18.3 Å². The number of nitrogens with zero attached hydrogens (tertiary/aromatic N) is 2. The first-order valence-electron chi connectivity index (χ1n) is 5.81. The van der Waals surface area contributed by atoms with Crippen molar-refractivity contribution in [1.82, 2.24) is 4.98 Å². The Balaban J connectivity index is 2.59. The van der Waals surface area contributed by atoms with Gasteiger partial charge in [-0.05, 0) is 47.1 Å². The van der Waals surface area contributed by atoms with E-state index >= 15 is 0 Å². The summed E-state index contributed by atoms with van der Waals surface area (Å²) in [6.07, 6.45) is 0. The topological polar surface area (TPSA) is 125 Å². The minimum Gasteiger partial charge on any atom is -0.447 e. The van der Waals surface area contributed by atoms with Gasteiger partial charge in [0.05, 0.1) is 4.92 Å². The highest BCUT2D eigenvalue weighted by molar-refractivity contribution is 9.10. The van der Waals surface area contributed by atoms with Crippen molar-refractivity contribution in [3.63, 3.8) is 0 Å². The van der Waals surface area contributed by atoms with Crippen molar-refractivity contribution in [1.29, 1.82) is 0 Å². The van der Waals surface area contributed by atoms with Gasteiger partial charge in [0.2, 0.25) is 15.8 Å². The number of benzene rings is 1. The fourth-order valence-corrected chi connectivity index (χ4v) is 2.91. The predicted molar refractivity (Wildman–Crippen MR) is 81.2 cm³/mol. The second-order valence-corrected chi connectivity index (χ2v) is 6.53. The van der Waals surface area contributed by atoms with Crippen molar-refractivity contribution in [2.75, 3.05) is 0 Å². The van der Waals surface area contributed by atoms with E-state index in [2.05, 4.69) is 20.9 Å². The number of sulfonamides is 1. The number of hydrogen-bond donors (Lipinski definition) is 1. The van der Waals surface area contributed by atoms with Crippen LogP contribution >= 0.6 is 15.9 Å². The van der Waals surface area contributed by atoms with Crippen LogP contribution in [0.5, 0.6) is 11.5 Å². The molecule has 0 saturated carbocycles. The summed E-state index contributed by atoms with van der Waals surface area (Å²) in [5.41, 5.74) is -0.00973. The molecule has 2 rings (SSSR count). The summed E-state index contributed by atoms with van der Waals surface area (Å²) >= 11 is 3.18.